The first-order chi connectivity index (χ1) is 9.77. The van der Waals surface area contributed by atoms with Gasteiger partial charge in [-0.2, -0.15) is 0 Å². The zero-order valence-electron chi connectivity index (χ0n) is 10.4. The highest BCUT2D eigenvalue weighted by Crippen LogP contribution is 2.33. The number of hydrogen-bond acceptors (Lipinski definition) is 2. The Morgan fingerprint density at radius 3 is 2.70 bits per heavy atom. The molecule has 0 bridgehead atoms. The van der Waals surface area contributed by atoms with E-state index in [1.807, 2.05) is 12.1 Å². The third kappa shape index (κ3) is 2.30. The summed E-state index contributed by atoms with van der Waals surface area (Å²) >= 11 is 5.89. The van der Waals surface area contributed by atoms with Crippen molar-refractivity contribution in [2.75, 3.05) is 0 Å². The van der Waals surface area contributed by atoms with Crippen molar-refractivity contribution in [3.8, 4) is 0 Å². The molecule has 0 radical (unpaired) electrons. The van der Waals surface area contributed by atoms with Crippen molar-refractivity contribution in [3.05, 3.63) is 82.9 Å². The van der Waals surface area contributed by atoms with Gasteiger partial charge in [-0.25, -0.2) is 9.37 Å². The first-order valence-electron chi connectivity index (χ1n) is 6.09. The third-order valence-electron chi connectivity index (χ3n) is 3.14. The predicted molar refractivity (Wildman–Crippen MR) is 75.2 cm³/mol. The molecule has 20 heavy (non-hydrogen) atoms. The number of benzene rings is 1. The molecule has 0 fully saturated rings. The number of aromatic nitrogens is 3. The van der Waals surface area contributed by atoms with Crippen LogP contribution in [0.1, 0.15) is 22.7 Å². The van der Waals surface area contributed by atoms with Gasteiger partial charge in [0.15, 0.2) is 0 Å². The molecular formula is C15H11ClFN3. The third-order valence-corrected chi connectivity index (χ3v) is 3.43. The van der Waals surface area contributed by atoms with Crippen molar-refractivity contribution in [2.24, 2.45) is 0 Å². The molecule has 3 aromatic rings. The Hall–Kier alpha value is -2.20. The lowest BCUT2D eigenvalue weighted by Gasteiger charge is -2.17. The average molecular weight is 288 g/mol. The van der Waals surface area contributed by atoms with Crippen LogP contribution in [0.3, 0.4) is 0 Å². The van der Waals surface area contributed by atoms with Crippen LogP contribution in [-0.2, 0) is 0 Å². The van der Waals surface area contributed by atoms with Crippen LogP contribution in [0.2, 0.25) is 5.02 Å². The fourth-order valence-electron chi connectivity index (χ4n) is 2.24. The molecule has 1 atom stereocenters. The van der Waals surface area contributed by atoms with Gasteiger partial charge in [-0.1, -0.05) is 29.8 Å². The fourth-order valence-corrected chi connectivity index (χ4v) is 2.42. The molecule has 3 rings (SSSR count). The van der Waals surface area contributed by atoms with Gasteiger partial charge >= 0.3 is 0 Å². The van der Waals surface area contributed by atoms with E-state index in [0.29, 0.717) is 5.56 Å². The normalized spacial score (nSPS) is 12.3. The summed E-state index contributed by atoms with van der Waals surface area (Å²) in [5, 5.41) is 0.107. The first-order valence-corrected chi connectivity index (χ1v) is 6.47. The molecule has 2 aromatic heterocycles. The summed E-state index contributed by atoms with van der Waals surface area (Å²) in [4.78, 5) is 11.2. The summed E-state index contributed by atoms with van der Waals surface area (Å²) in [6.45, 7) is 0. The second-order valence-electron chi connectivity index (χ2n) is 4.37. The second-order valence-corrected chi connectivity index (χ2v) is 4.78. The highest BCUT2D eigenvalue weighted by atomic mass is 35.5. The van der Waals surface area contributed by atoms with Gasteiger partial charge < -0.3 is 4.98 Å². The average Bonchev–Trinajstić information content (AvgIpc) is 2.99. The van der Waals surface area contributed by atoms with Crippen molar-refractivity contribution in [1.29, 1.82) is 0 Å². The maximum absolute atomic E-state index is 14.3. The van der Waals surface area contributed by atoms with Crippen LogP contribution < -0.4 is 0 Å². The minimum atomic E-state index is -0.419. The Bertz CT molecular complexity index is 698. The van der Waals surface area contributed by atoms with E-state index in [2.05, 4.69) is 15.0 Å². The summed E-state index contributed by atoms with van der Waals surface area (Å²) in [6.07, 6.45) is 6.65. The van der Waals surface area contributed by atoms with Gasteiger partial charge in [0.05, 0.1) is 17.3 Å². The molecule has 0 amide bonds. The number of nitrogens with one attached hydrogen (secondary N) is 1. The monoisotopic (exact) mass is 287 g/mol. The number of imidazole rings is 1. The smallest absolute Gasteiger partial charge is 0.145 e. The minimum Gasteiger partial charge on any atom is -0.348 e. The van der Waals surface area contributed by atoms with Gasteiger partial charge in [0.2, 0.25) is 0 Å². The predicted octanol–water partition coefficient (Wildman–Crippen LogP) is 3.78. The molecule has 1 N–H and O–H groups in total. The fraction of sp³-hybridized carbons (Fsp3) is 0.0667. The van der Waals surface area contributed by atoms with E-state index in [4.69, 9.17) is 11.6 Å². The molecule has 3 nitrogen and oxygen atoms in total. The number of pyridine rings is 1. The Balaban J connectivity index is 2.19. The van der Waals surface area contributed by atoms with Gasteiger partial charge in [0, 0.05) is 29.8 Å². The van der Waals surface area contributed by atoms with Crippen molar-refractivity contribution >= 4 is 11.6 Å². The summed E-state index contributed by atoms with van der Waals surface area (Å²) in [5.74, 6) is -0.734. The van der Waals surface area contributed by atoms with Gasteiger partial charge in [0.1, 0.15) is 5.82 Å². The van der Waals surface area contributed by atoms with Crippen LogP contribution >= 0.6 is 11.6 Å². The summed E-state index contributed by atoms with van der Waals surface area (Å²) in [7, 11) is 0. The van der Waals surface area contributed by atoms with Crippen LogP contribution in [0.25, 0.3) is 0 Å². The largest absolute Gasteiger partial charge is 0.348 e. The number of rotatable bonds is 3. The Labute approximate surface area is 120 Å². The first kappa shape index (κ1) is 12.8. The minimum absolute atomic E-state index is 0.107. The van der Waals surface area contributed by atoms with Gasteiger partial charge in [-0.05, 0) is 17.7 Å². The maximum atomic E-state index is 14.3. The maximum Gasteiger partial charge on any atom is 0.145 e. The van der Waals surface area contributed by atoms with Crippen molar-refractivity contribution in [1.82, 2.24) is 15.0 Å². The molecule has 2 heterocycles. The number of H-pyrrole nitrogens is 1. The number of halogens is 2. The quantitative estimate of drug-likeness (QED) is 0.796. The standard InChI is InChI=1S/C15H11ClFN3/c16-12-5-1-4-11(15(12)17)14(13-8-19-9-20-13)10-3-2-6-18-7-10/h1-9,14H,(H,19,20). The van der Waals surface area contributed by atoms with Crippen LogP contribution in [0.15, 0.2) is 55.2 Å². The van der Waals surface area contributed by atoms with Gasteiger partial charge in [0.25, 0.3) is 0 Å². The van der Waals surface area contributed by atoms with E-state index in [-0.39, 0.29) is 10.9 Å². The summed E-state index contributed by atoms with van der Waals surface area (Å²) in [6, 6.07) is 8.72. The number of nitrogens with zero attached hydrogens (tertiary/aromatic N) is 2. The molecule has 0 aliphatic carbocycles. The lowest BCUT2D eigenvalue weighted by Crippen LogP contribution is -2.07. The van der Waals surface area contributed by atoms with E-state index in [1.165, 1.54) is 6.07 Å². The Morgan fingerprint density at radius 1 is 1.10 bits per heavy atom. The van der Waals surface area contributed by atoms with Gasteiger partial charge in [-0.15, -0.1) is 0 Å². The highest BCUT2D eigenvalue weighted by molar-refractivity contribution is 6.30. The van der Waals surface area contributed by atoms with E-state index in [9.17, 15) is 4.39 Å². The molecule has 5 heteroatoms. The van der Waals surface area contributed by atoms with Crippen LogP contribution in [0.5, 0.6) is 0 Å². The highest BCUT2D eigenvalue weighted by Gasteiger charge is 2.22. The van der Waals surface area contributed by atoms with Crippen LogP contribution in [-0.4, -0.2) is 15.0 Å². The lowest BCUT2D eigenvalue weighted by molar-refractivity contribution is 0.605. The van der Waals surface area contributed by atoms with Crippen molar-refractivity contribution in [2.45, 2.75) is 5.92 Å². The second kappa shape index (κ2) is 5.43. The topological polar surface area (TPSA) is 41.6 Å². The van der Waals surface area contributed by atoms with E-state index in [0.717, 1.165) is 11.3 Å². The van der Waals surface area contributed by atoms with E-state index in [1.54, 1.807) is 37.1 Å². The molecule has 0 saturated heterocycles. The van der Waals surface area contributed by atoms with E-state index < -0.39 is 5.82 Å². The zero-order valence-corrected chi connectivity index (χ0v) is 11.2. The van der Waals surface area contributed by atoms with Crippen molar-refractivity contribution < 1.29 is 4.39 Å². The molecule has 0 saturated carbocycles. The summed E-state index contributed by atoms with van der Waals surface area (Å²) in [5.41, 5.74) is 2.16. The molecule has 1 unspecified atom stereocenters. The van der Waals surface area contributed by atoms with Crippen LogP contribution in [0, 0.1) is 5.82 Å². The zero-order chi connectivity index (χ0) is 13.9. The Morgan fingerprint density at radius 2 is 2.00 bits per heavy atom. The molecule has 1 aromatic carbocycles. The summed E-state index contributed by atoms with van der Waals surface area (Å²) < 4.78 is 14.3. The number of aromatic amines is 1. The molecule has 100 valence electrons. The molecular weight excluding hydrogens is 277 g/mol. The molecule has 0 spiro atoms. The van der Waals surface area contributed by atoms with Gasteiger partial charge in [-0.3, -0.25) is 4.98 Å². The number of hydrogen-bond donors (Lipinski definition) is 1. The lowest BCUT2D eigenvalue weighted by atomic mass is 9.89. The van der Waals surface area contributed by atoms with Crippen LogP contribution in [0.4, 0.5) is 4.39 Å². The molecule has 0 aliphatic rings. The molecule has 0 aliphatic heterocycles. The SMILES string of the molecule is Fc1c(Cl)cccc1C(c1cccnc1)c1cnc[nH]1. The van der Waals surface area contributed by atoms with Crippen molar-refractivity contribution in [3.63, 3.8) is 0 Å². The van der Waals surface area contributed by atoms with E-state index >= 15 is 0 Å². The Kier molecular flexibility index (Phi) is 3.48.